The van der Waals surface area contributed by atoms with E-state index in [1.807, 2.05) is 0 Å². The molecule has 1 aliphatic heterocycles. The summed E-state index contributed by atoms with van der Waals surface area (Å²) in [6.07, 6.45) is 1.84. The molecular formula is C18H26BNO4. The fourth-order valence-corrected chi connectivity index (χ4v) is 2.92. The quantitative estimate of drug-likeness (QED) is 0.554. The van der Waals surface area contributed by atoms with Crippen LogP contribution in [0.4, 0.5) is 0 Å². The molecule has 0 spiro atoms. The van der Waals surface area contributed by atoms with Crippen LogP contribution in [0.5, 0.6) is 11.5 Å². The first kappa shape index (κ1) is 18.8. The van der Waals surface area contributed by atoms with Crippen molar-refractivity contribution in [1.82, 2.24) is 4.90 Å². The lowest BCUT2D eigenvalue weighted by Gasteiger charge is -2.41. The topological polar surface area (TPSA) is 59.0 Å². The third-order valence-corrected chi connectivity index (χ3v) is 4.73. The van der Waals surface area contributed by atoms with Crippen LogP contribution in [-0.4, -0.2) is 63.1 Å². The van der Waals surface area contributed by atoms with Crippen molar-refractivity contribution in [3.05, 3.63) is 23.3 Å². The van der Waals surface area contributed by atoms with E-state index in [0.717, 1.165) is 19.6 Å². The van der Waals surface area contributed by atoms with E-state index in [4.69, 9.17) is 17.3 Å². The molecular weight excluding hydrogens is 305 g/mol. The molecule has 2 atom stereocenters. The molecule has 5 nitrogen and oxygen atoms in total. The van der Waals surface area contributed by atoms with Gasteiger partial charge in [0.05, 0.1) is 19.5 Å². The van der Waals surface area contributed by atoms with E-state index in [9.17, 15) is 9.90 Å². The zero-order chi connectivity index (χ0) is 17.7. The number of carbonyl (C=O) groups is 1. The van der Waals surface area contributed by atoms with Crippen molar-refractivity contribution in [3.63, 3.8) is 0 Å². The largest absolute Gasteiger partial charge is 0.507 e. The van der Waals surface area contributed by atoms with Crippen LogP contribution in [0.25, 0.3) is 0 Å². The van der Waals surface area contributed by atoms with Gasteiger partial charge in [0.2, 0.25) is 0 Å². The van der Waals surface area contributed by atoms with Gasteiger partial charge in [-0.1, -0.05) is 19.3 Å². The Morgan fingerprint density at radius 2 is 2.12 bits per heavy atom. The number of nitrogens with zero attached hydrogens (tertiary/aromatic N) is 1. The molecule has 1 heterocycles. The van der Waals surface area contributed by atoms with Crippen molar-refractivity contribution in [2.75, 3.05) is 26.7 Å². The molecule has 2 radical (unpaired) electrons. The second-order valence-corrected chi connectivity index (χ2v) is 6.52. The lowest BCUT2D eigenvalue weighted by molar-refractivity contribution is -0.0115. The first-order chi connectivity index (χ1) is 11.5. The molecule has 0 bridgehead atoms. The summed E-state index contributed by atoms with van der Waals surface area (Å²) in [5, 5.41) is 10.2. The summed E-state index contributed by atoms with van der Waals surface area (Å²) in [6, 6.07) is 3.51. The minimum absolute atomic E-state index is 0.0216. The van der Waals surface area contributed by atoms with E-state index in [0.29, 0.717) is 36.3 Å². The number of phenolic OH excluding ortho intramolecular Hbond substituents is 1. The standard InChI is InChI=1S/C18H26BNO4/c1-12(13(2)23-3)8-20-9-15(10-20)24-17-5-4-14(6-7-19)18(22)16(17)11-21/h4-5,11-13,15,22H,6-10H2,1-3H3. The normalized spacial score (nSPS) is 18.0. The van der Waals surface area contributed by atoms with Gasteiger partial charge < -0.3 is 14.6 Å². The molecule has 0 saturated carbocycles. The molecule has 2 rings (SSSR count). The van der Waals surface area contributed by atoms with Crippen molar-refractivity contribution in [3.8, 4) is 11.5 Å². The van der Waals surface area contributed by atoms with Gasteiger partial charge in [0.25, 0.3) is 0 Å². The highest BCUT2D eigenvalue weighted by Gasteiger charge is 2.31. The maximum Gasteiger partial charge on any atom is 0.157 e. The van der Waals surface area contributed by atoms with Crippen molar-refractivity contribution in [2.45, 2.75) is 38.8 Å². The monoisotopic (exact) mass is 331 g/mol. The van der Waals surface area contributed by atoms with Crippen LogP contribution in [0.1, 0.15) is 29.8 Å². The van der Waals surface area contributed by atoms with Crippen molar-refractivity contribution in [2.24, 2.45) is 5.92 Å². The Morgan fingerprint density at radius 1 is 1.42 bits per heavy atom. The summed E-state index contributed by atoms with van der Waals surface area (Å²) < 4.78 is 11.2. The molecule has 1 saturated heterocycles. The van der Waals surface area contributed by atoms with Gasteiger partial charge in [-0.2, -0.15) is 0 Å². The number of hydrogen-bond acceptors (Lipinski definition) is 5. The van der Waals surface area contributed by atoms with E-state index in [1.165, 1.54) is 0 Å². The molecule has 2 unspecified atom stereocenters. The average Bonchev–Trinajstić information content (AvgIpc) is 2.54. The van der Waals surface area contributed by atoms with Crippen LogP contribution in [-0.2, 0) is 11.2 Å². The molecule has 1 aromatic carbocycles. The van der Waals surface area contributed by atoms with E-state index in [1.54, 1.807) is 19.2 Å². The third-order valence-electron chi connectivity index (χ3n) is 4.73. The number of aromatic hydroxyl groups is 1. The Balaban J connectivity index is 1.92. The number of carbonyl (C=O) groups excluding carboxylic acids is 1. The van der Waals surface area contributed by atoms with Crippen LogP contribution in [0.2, 0.25) is 6.32 Å². The van der Waals surface area contributed by atoms with Gasteiger partial charge in [0, 0.05) is 26.7 Å². The van der Waals surface area contributed by atoms with Gasteiger partial charge in [-0.15, -0.1) is 0 Å². The Labute approximate surface area is 145 Å². The van der Waals surface area contributed by atoms with Crippen LogP contribution in [0.3, 0.4) is 0 Å². The molecule has 0 amide bonds. The van der Waals surface area contributed by atoms with Gasteiger partial charge in [0.1, 0.15) is 17.6 Å². The minimum atomic E-state index is -0.0216. The number of aldehydes is 1. The predicted octanol–water partition coefficient (Wildman–Crippen LogP) is 2.07. The van der Waals surface area contributed by atoms with Gasteiger partial charge in [-0.25, -0.2) is 0 Å². The van der Waals surface area contributed by atoms with Gasteiger partial charge in [0.15, 0.2) is 6.29 Å². The number of likely N-dealkylation sites (tertiary alicyclic amines) is 1. The van der Waals surface area contributed by atoms with Crippen LogP contribution < -0.4 is 4.74 Å². The van der Waals surface area contributed by atoms with E-state index < -0.39 is 0 Å². The number of rotatable bonds is 9. The number of aryl methyl sites for hydroxylation is 1. The Kier molecular flexibility index (Phi) is 6.69. The maximum atomic E-state index is 11.3. The van der Waals surface area contributed by atoms with Crippen LogP contribution in [0, 0.1) is 5.92 Å². The molecule has 24 heavy (non-hydrogen) atoms. The number of phenols is 1. The zero-order valence-corrected chi connectivity index (χ0v) is 14.7. The Bertz CT molecular complexity index is 560. The van der Waals surface area contributed by atoms with Crippen LogP contribution >= 0.6 is 0 Å². The summed E-state index contributed by atoms with van der Waals surface area (Å²) in [5.74, 6) is 0.860. The molecule has 1 fully saturated rings. The Morgan fingerprint density at radius 3 is 2.71 bits per heavy atom. The second-order valence-electron chi connectivity index (χ2n) is 6.52. The zero-order valence-electron chi connectivity index (χ0n) is 14.7. The SMILES string of the molecule is [B]CCc1ccc(OC2CN(CC(C)C(C)OC)C2)c(C=O)c1O. The number of methoxy groups -OCH3 is 1. The molecule has 1 N–H and O–H groups in total. The minimum Gasteiger partial charge on any atom is -0.507 e. The van der Waals surface area contributed by atoms with Gasteiger partial charge in [-0.05, 0) is 30.9 Å². The fraction of sp³-hybridized carbons (Fsp3) is 0.611. The summed E-state index contributed by atoms with van der Waals surface area (Å²) in [6.45, 7) is 6.81. The highest BCUT2D eigenvalue weighted by Crippen LogP contribution is 2.32. The number of hydrogen-bond donors (Lipinski definition) is 1. The summed E-state index contributed by atoms with van der Waals surface area (Å²) in [7, 11) is 7.24. The maximum absolute atomic E-state index is 11.3. The summed E-state index contributed by atoms with van der Waals surface area (Å²) in [4.78, 5) is 13.6. The van der Waals surface area contributed by atoms with Gasteiger partial charge >= 0.3 is 0 Å². The Hall–Kier alpha value is -1.53. The van der Waals surface area contributed by atoms with Crippen molar-refractivity contribution < 1.29 is 19.4 Å². The average molecular weight is 331 g/mol. The van der Waals surface area contributed by atoms with Gasteiger partial charge in [-0.3, -0.25) is 9.69 Å². The molecule has 1 aliphatic rings. The van der Waals surface area contributed by atoms with E-state index in [-0.39, 0.29) is 23.5 Å². The third kappa shape index (κ3) is 4.30. The smallest absolute Gasteiger partial charge is 0.157 e. The molecule has 130 valence electrons. The fourth-order valence-electron chi connectivity index (χ4n) is 2.92. The first-order valence-corrected chi connectivity index (χ1v) is 8.42. The highest BCUT2D eigenvalue weighted by atomic mass is 16.5. The second kappa shape index (κ2) is 8.54. The molecule has 1 aromatic rings. The highest BCUT2D eigenvalue weighted by molar-refractivity contribution is 6.08. The number of ether oxygens (including phenoxy) is 2. The predicted molar refractivity (Wildman–Crippen MR) is 94.3 cm³/mol. The van der Waals surface area contributed by atoms with Crippen molar-refractivity contribution >= 4 is 14.1 Å². The molecule has 6 heteroatoms. The van der Waals surface area contributed by atoms with E-state index in [2.05, 4.69) is 18.7 Å². The summed E-state index contributed by atoms with van der Waals surface area (Å²) in [5.41, 5.74) is 0.880. The number of benzene rings is 1. The lowest BCUT2D eigenvalue weighted by Crippen LogP contribution is -2.55. The van der Waals surface area contributed by atoms with E-state index >= 15 is 0 Å². The van der Waals surface area contributed by atoms with Crippen LogP contribution in [0.15, 0.2) is 12.1 Å². The molecule has 0 aliphatic carbocycles. The van der Waals surface area contributed by atoms with Crippen molar-refractivity contribution in [1.29, 1.82) is 0 Å². The first-order valence-electron chi connectivity index (χ1n) is 8.42. The summed E-state index contributed by atoms with van der Waals surface area (Å²) >= 11 is 0. The molecule has 0 aromatic heterocycles. The lowest BCUT2D eigenvalue weighted by atomic mass is 9.95.